The van der Waals surface area contributed by atoms with Crippen LogP contribution in [-0.4, -0.2) is 22.9 Å². The minimum atomic E-state index is -0.958. The lowest BCUT2D eigenvalue weighted by Gasteiger charge is -2.23. The molecule has 7 heteroatoms. The number of amides is 2. The number of anilines is 2. The molecule has 168 valence electrons. The molecular weight excluding hydrogens is 440 g/mol. The van der Waals surface area contributed by atoms with Gasteiger partial charge < -0.3 is 15.7 Å². The van der Waals surface area contributed by atoms with Crippen molar-refractivity contribution in [2.75, 3.05) is 10.6 Å². The highest BCUT2D eigenvalue weighted by Crippen LogP contribution is 2.43. The van der Waals surface area contributed by atoms with Crippen LogP contribution in [0.2, 0.25) is 5.02 Å². The lowest BCUT2D eigenvalue weighted by molar-refractivity contribution is -0.139. The predicted octanol–water partition coefficient (Wildman–Crippen LogP) is 6.26. The number of carbonyl (C=O) groups is 3. The highest BCUT2D eigenvalue weighted by Gasteiger charge is 2.45. The molecule has 6 nitrogen and oxygen atoms in total. The fourth-order valence-corrected chi connectivity index (χ4v) is 4.51. The van der Waals surface area contributed by atoms with Crippen LogP contribution in [0.15, 0.2) is 66.7 Å². The molecule has 0 spiro atoms. The van der Waals surface area contributed by atoms with Crippen molar-refractivity contribution in [1.82, 2.24) is 0 Å². The van der Waals surface area contributed by atoms with Gasteiger partial charge in [0.1, 0.15) is 0 Å². The van der Waals surface area contributed by atoms with Gasteiger partial charge in [-0.15, -0.1) is 0 Å². The zero-order valence-corrected chi connectivity index (χ0v) is 18.8. The summed E-state index contributed by atoms with van der Waals surface area (Å²) in [7, 11) is 0. The molecule has 0 heterocycles. The lowest BCUT2D eigenvalue weighted by Crippen LogP contribution is -2.30. The molecule has 4 rings (SSSR count). The highest BCUT2D eigenvalue weighted by atomic mass is 35.5. The van der Waals surface area contributed by atoms with Crippen molar-refractivity contribution in [3.8, 4) is 11.1 Å². The van der Waals surface area contributed by atoms with E-state index in [1.165, 1.54) is 0 Å². The molecular formula is C26H23ClN2O4. The van der Waals surface area contributed by atoms with Crippen molar-refractivity contribution in [3.63, 3.8) is 0 Å². The first-order chi connectivity index (χ1) is 15.8. The Morgan fingerprint density at radius 3 is 2.33 bits per heavy atom. The number of halogens is 1. The number of benzene rings is 3. The highest BCUT2D eigenvalue weighted by molar-refractivity contribution is 6.30. The summed E-state index contributed by atoms with van der Waals surface area (Å²) in [4.78, 5) is 36.5. The van der Waals surface area contributed by atoms with Gasteiger partial charge in [-0.1, -0.05) is 54.9 Å². The van der Waals surface area contributed by atoms with Gasteiger partial charge in [0.05, 0.1) is 6.42 Å². The van der Waals surface area contributed by atoms with Crippen molar-refractivity contribution in [1.29, 1.82) is 0 Å². The number of urea groups is 1. The smallest absolute Gasteiger partial charge is 0.323 e. The molecule has 0 aliphatic heterocycles. The number of hydrogen-bond donors (Lipinski definition) is 3. The topological polar surface area (TPSA) is 95.5 Å². The molecule has 0 saturated carbocycles. The van der Waals surface area contributed by atoms with Gasteiger partial charge in [-0.2, -0.15) is 0 Å². The molecule has 1 unspecified atom stereocenters. The van der Waals surface area contributed by atoms with Gasteiger partial charge >= 0.3 is 12.0 Å². The Morgan fingerprint density at radius 1 is 0.970 bits per heavy atom. The zero-order chi connectivity index (χ0) is 23.6. The van der Waals surface area contributed by atoms with Crippen LogP contribution in [0.5, 0.6) is 0 Å². The number of fused-ring (bicyclic) bond motifs is 1. The summed E-state index contributed by atoms with van der Waals surface area (Å²) in [6, 6.07) is 19.5. The van der Waals surface area contributed by atoms with Crippen LogP contribution >= 0.6 is 11.6 Å². The maximum absolute atomic E-state index is 12.9. The van der Waals surface area contributed by atoms with Gasteiger partial charge in [0.2, 0.25) is 0 Å². The Balaban J connectivity index is 1.48. The molecule has 1 atom stereocenters. The maximum Gasteiger partial charge on any atom is 0.323 e. The average molecular weight is 463 g/mol. The standard InChI is InChI=1S/C26H23ClN2O4/c1-2-26(15-23(30)31)14-18-12-17(8-11-22(18)24(26)32)16-6-9-20(10-7-16)28-25(33)29-21-5-3-4-19(27)13-21/h3-13H,2,14-15H2,1H3,(H,30,31)(H2,28,29,33). The molecule has 3 aromatic carbocycles. The van der Waals surface area contributed by atoms with E-state index in [0.717, 1.165) is 16.7 Å². The number of hydrogen-bond acceptors (Lipinski definition) is 3. The van der Waals surface area contributed by atoms with E-state index in [9.17, 15) is 19.5 Å². The number of ketones is 1. The number of nitrogens with one attached hydrogen (secondary N) is 2. The van der Waals surface area contributed by atoms with E-state index in [1.54, 1.807) is 42.5 Å². The molecule has 0 bridgehead atoms. The van der Waals surface area contributed by atoms with Gasteiger partial charge in [0.15, 0.2) is 5.78 Å². The van der Waals surface area contributed by atoms with Crippen LogP contribution in [-0.2, 0) is 11.2 Å². The summed E-state index contributed by atoms with van der Waals surface area (Å²) in [6.07, 6.45) is 0.755. The molecule has 0 aromatic heterocycles. The van der Waals surface area contributed by atoms with Crippen LogP contribution in [0.3, 0.4) is 0 Å². The Labute approximate surface area is 196 Å². The second-order valence-corrected chi connectivity index (χ2v) is 8.69. The van der Waals surface area contributed by atoms with Crippen LogP contribution in [0.1, 0.15) is 35.7 Å². The second-order valence-electron chi connectivity index (χ2n) is 8.25. The zero-order valence-electron chi connectivity index (χ0n) is 18.0. The quantitative estimate of drug-likeness (QED) is 0.402. The van der Waals surface area contributed by atoms with Crippen molar-refractivity contribution < 1.29 is 19.5 Å². The molecule has 0 radical (unpaired) electrons. The summed E-state index contributed by atoms with van der Waals surface area (Å²) < 4.78 is 0. The number of carbonyl (C=O) groups excluding carboxylic acids is 2. The largest absolute Gasteiger partial charge is 0.481 e. The normalized spacial score (nSPS) is 16.8. The Hall–Kier alpha value is -3.64. The van der Waals surface area contributed by atoms with Crippen molar-refractivity contribution >= 4 is 40.8 Å². The third-order valence-electron chi connectivity index (χ3n) is 6.09. The van der Waals surface area contributed by atoms with Gasteiger partial charge in [0, 0.05) is 27.4 Å². The van der Waals surface area contributed by atoms with Crippen molar-refractivity contribution in [2.45, 2.75) is 26.2 Å². The molecule has 33 heavy (non-hydrogen) atoms. The lowest BCUT2D eigenvalue weighted by atomic mass is 9.78. The first-order valence-electron chi connectivity index (χ1n) is 10.6. The summed E-state index contributed by atoms with van der Waals surface area (Å²) >= 11 is 5.94. The molecule has 3 aromatic rings. The fourth-order valence-electron chi connectivity index (χ4n) is 4.32. The Kier molecular flexibility index (Phi) is 6.20. The second kappa shape index (κ2) is 9.08. The maximum atomic E-state index is 12.9. The van der Waals surface area contributed by atoms with Crippen LogP contribution in [0.25, 0.3) is 11.1 Å². The number of Topliss-reactive ketones (excluding diaryl/α,β-unsaturated/α-hetero) is 1. The minimum absolute atomic E-state index is 0.0841. The van der Waals surface area contributed by atoms with E-state index in [-0.39, 0.29) is 18.2 Å². The van der Waals surface area contributed by atoms with Crippen molar-refractivity contribution in [3.05, 3.63) is 82.9 Å². The van der Waals surface area contributed by atoms with E-state index in [4.69, 9.17) is 11.6 Å². The van der Waals surface area contributed by atoms with E-state index in [2.05, 4.69) is 10.6 Å². The number of carboxylic acids is 1. The third-order valence-corrected chi connectivity index (χ3v) is 6.32. The van der Waals surface area contributed by atoms with Gasteiger partial charge in [-0.25, -0.2) is 4.79 Å². The number of carboxylic acid groups (broad SMARTS) is 1. The van der Waals surface area contributed by atoms with E-state index in [1.807, 2.05) is 31.2 Å². The Morgan fingerprint density at radius 2 is 1.67 bits per heavy atom. The van der Waals surface area contributed by atoms with Gasteiger partial charge in [-0.05, 0) is 59.9 Å². The third kappa shape index (κ3) is 4.76. The van der Waals surface area contributed by atoms with Crippen LogP contribution < -0.4 is 10.6 Å². The average Bonchev–Trinajstić information content (AvgIpc) is 3.05. The summed E-state index contributed by atoms with van der Waals surface area (Å²) in [5.41, 5.74) is 3.70. The molecule has 0 saturated heterocycles. The van der Waals surface area contributed by atoms with E-state index >= 15 is 0 Å². The van der Waals surface area contributed by atoms with E-state index in [0.29, 0.717) is 34.8 Å². The number of aliphatic carboxylic acids is 1. The van der Waals surface area contributed by atoms with Crippen LogP contribution in [0.4, 0.5) is 16.2 Å². The molecule has 1 aliphatic rings. The van der Waals surface area contributed by atoms with E-state index < -0.39 is 11.4 Å². The molecule has 1 aliphatic carbocycles. The SMILES string of the molecule is CCC1(CC(=O)O)Cc2cc(-c3ccc(NC(=O)Nc4cccc(Cl)c4)cc3)ccc2C1=O. The van der Waals surface area contributed by atoms with Crippen LogP contribution in [0, 0.1) is 5.41 Å². The summed E-state index contributed by atoms with van der Waals surface area (Å²) in [5.74, 6) is -1.04. The molecule has 2 amide bonds. The summed E-state index contributed by atoms with van der Waals surface area (Å²) in [5, 5.41) is 15.3. The first kappa shape index (κ1) is 22.6. The molecule has 3 N–H and O–H groups in total. The molecule has 0 fully saturated rings. The summed E-state index contributed by atoms with van der Waals surface area (Å²) in [6.45, 7) is 1.86. The monoisotopic (exact) mass is 462 g/mol. The number of rotatable bonds is 6. The first-order valence-corrected chi connectivity index (χ1v) is 11.0. The van der Waals surface area contributed by atoms with Gasteiger partial charge in [-0.3, -0.25) is 9.59 Å². The minimum Gasteiger partial charge on any atom is -0.481 e. The predicted molar refractivity (Wildman–Crippen MR) is 129 cm³/mol. The van der Waals surface area contributed by atoms with Gasteiger partial charge in [0.25, 0.3) is 0 Å². The Bertz CT molecular complexity index is 1240. The fraction of sp³-hybridized carbons (Fsp3) is 0.192. The van der Waals surface area contributed by atoms with Crippen molar-refractivity contribution in [2.24, 2.45) is 5.41 Å².